The molecule has 5 nitrogen and oxygen atoms in total. The van der Waals surface area contributed by atoms with Gasteiger partial charge in [-0.25, -0.2) is 9.59 Å². The molecule has 0 aliphatic rings. The number of terminal acetylenes is 1. The zero-order chi connectivity index (χ0) is 12.1. The van der Waals surface area contributed by atoms with E-state index in [0.717, 1.165) is 11.3 Å². The molecule has 1 aromatic heterocycles. The summed E-state index contributed by atoms with van der Waals surface area (Å²) in [4.78, 5) is 23.6. The summed E-state index contributed by atoms with van der Waals surface area (Å²) in [5.74, 6) is 1.24. The molecule has 16 heavy (non-hydrogen) atoms. The molecule has 1 heterocycles. The number of carboxylic acids is 1. The Labute approximate surface area is 96.7 Å². The molecule has 0 unspecified atom stereocenters. The first kappa shape index (κ1) is 12.1. The number of thiophene rings is 1. The van der Waals surface area contributed by atoms with E-state index in [1.165, 1.54) is 18.0 Å². The Kier molecular flexibility index (Phi) is 3.91. The van der Waals surface area contributed by atoms with Crippen LogP contribution in [-0.2, 0) is 0 Å². The highest BCUT2D eigenvalue weighted by Crippen LogP contribution is 2.23. The summed E-state index contributed by atoms with van der Waals surface area (Å²) < 4.78 is 0. The second-order valence-corrected chi connectivity index (χ2v) is 3.88. The van der Waals surface area contributed by atoms with Crippen molar-refractivity contribution in [1.82, 2.24) is 4.90 Å². The summed E-state index contributed by atoms with van der Waals surface area (Å²) in [5, 5.41) is 13.2. The van der Waals surface area contributed by atoms with E-state index >= 15 is 0 Å². The number of rotatable bonds is 3. The highest BCUT2D eigenvalue weighted by molar-refractivity contribution is 7.14. The van der Waals surface area contributed by atoms with Crippen molar-refractivity contribution in [2.24, 2.45) is 0 Å². The Morgan fingerprint density at radius 2 is 2.38 bits per heavy atom. The third-order valence-electron chi connectivity index (χ3n) is 1.79. The van der Waals surface area contributed by atoms with Gasteiger partial charge >= 0.3 is 12.0 Å². The van der Waals surface area contributed by atoms with E-state index < -0.39 is 12.0 Å². The van der Waals surface area contributed by atoms with Gasteiger partial charge in [0.15, 0.2) is 0 Å². The zero-order valence-electron chi connectivity index (χ0n) is 8.56. The molecule has 84 valence electrons. The number of aromatic carboxylic acids is 1. The number of nitrogens with zero attached hydrogens (tertiary/aromatic N) is 1. The van der Waals surface area contributed by atoms with Crippen LogP contribution in [-0.4, -0.2) is 35.6 Å². The lowest BCUT2D eigenvalue weighted by molar-refractivity contribution is 0.0698. The molecule has 1 aromatic rings. The van der Waals surface area contributed by atoms with Gasteiger partial charge in [0.25, 0.3) is 0 Å². The summed E-state index contributed by atoms with van der Waals surface area (Å²) in [6.45, 7) is 0.166. The van der Waals surface area contributed by atoms with Gasteiger partial charge in [0.2, 0.25) is 0 Å². The number of hydrogen-bond acceptors (Lipinski definition) is 3. The fourth-order valence-electron chi connectivity index (χ4n) is 0.976. The number of carbonyl (C=O) groups excluding carboxylic acids is 1. The van der Waals surface area contributed by atoms with E-state index in [-0.39, 0.29) is 12.1 Å². The Morgan fingerprint density at radius 3 is 2.94 bits per heavy atom. The van der Waals surface area contributed by atoms with E-state index in [4.69, 9.17) is 11.5 Å². The van der Waals surface area contributed by atoms with Gasteiger partial charge in [-0.05, 0) is 11.4 Å². The average Bonchev–Trinajstić information content (AvgIpc) is 2.66. The molecular formula is C10H10N2O3S. The predicted molar refractivity (Wildman–Crippen MR) is 61.8 cm³/mol. The molecule has 6 heteroatoms. The standard InChI is InChI=1S/C10H10N2O3S/c1-3-5-12(2)10(15)11-8-7(9(13)14)4-6-16-8/h1,4,6H,5H2,2H3,(H,11,15)(H,13,14). The maximum atomic E-state index is 11.5. The Hall–Kier alpha value is -2.00. The largest absolute Gasteiger partial charge is 0.478 e. The summed E-state index contributed by atoms with van der Waals surface area (Å²) >= 11 is 1.15. The fraction of sp³-hybridized carbons (Fsp3) is 0.200. The van der Waals surface area contributed by atoms with Crippen LogP contribution in [0.4, 0.5) is 9.80 Å². The first-order valence-electron chi connectivity index (χ1n) is 4.32. The molecule has 0 aliphatic carbocycles. The van der Waals surface area contributed by atoms with Crippen molar-refractivity contribution in [2.75, 3.05) is 18.9 Å². The van der Waals surface area contributed by atoms with Crippen molar-refractivity contribution in [3.05, 3.63) is 17.0 Å². The molecule has 1 rings (SSSR count). The second kappa shape index (κ2) is 5.19. The van der Waals surface area contributed by atoms with Crippen molar-refractivity contribution < 1.29 is 14.7 Å². The molecule has 0 radical (unpaired) electrons. The van der Waals surface area contributed by atoms with E-state index in [9.17, 15) is 9.59 Å². The molecule has 0 saturated heterocycles. The molecule has 0 fully saturated rings. The number of amides is 2. The van der Waals surface area contributed by atoms with Crippen molar-refractivity contribution in [1.29, 1.82) is 0 Å². The van der Waals surface area contributed by atoms with Crippen molar-refractivity contribution in [2.45, 2.75) is 0 Å². The van der Waals surface area contributed by atoms with Gasteiger partial charge in [0.1, 0.15) is 5.00 Å². The van der Waals surface area contributed by atoms with Crippen LogP contribution < -0.4 is 5.32 Å². The molecule has 2 amide bonds. The normalized spacial score (nSPS) is 9.25. The van der Waals surface area contributed by atoms with Gasteiger partial charge in [0, 0.05) is 7.05 Å². The highest BCUT2D eigenvalue weighted by atomic mass is 32.1. The molecule has 2 N–H and O–H groups in total. The SMILES string of the molecule is C#CCN(C)C(=O)Nc1sccc1C(=O)O. The lowest BCUT2D eigenvalue weighted by atomic mass is 10.3. The van der Waals surface area contributed by atoms with Gasteiger partial charge < -0.3 is 10.0 Å². The van der Waals surface area contributed by atoms with E-state index in [1.807, 2.05) is 0 Å². The Balaban J connectivity index is 2.74. The maximum Gasteiger partial charge on any atom is 0.338 e. The fourth-order valence-corrected chi connectivity index (χ4v) is 1.74. The number of urea groups is 1. The van der Waals surface area contributed by atoms with Crippen LogP contribution in [0.1, 0.15) is 10.4 Å². The number of anilines is 1. The lowest BCUT2D eigenvalue weighted by Gasteiger charge is -2.14. The third kappa shape index (κ3) is 2.74. The second-order valence-electron chi connectivity index (χ2n) is 2.96. The van der Waals surface area contributed by atoms with Gasteiger partial charge in [-0.3, -0.25) is 5.32 Å². The van der Waals surface area contributed by atoms with Crippen LogP contribution in [0.25, 0.3) is 0 Å². The van der Waals surface area contributed by atoms with Gasteiger partial charge in [-0.1, -0.05) is 5.92 Å². The monoisotopic (exact) mass is 238 g/mol. The molecule has 0 bridgehead atoms. The number of hydrogen-bond donors (Lipinski definition) is 2. The first-order chi connectivity index (χ1) is 7.56. The lowest BCUT2D eigenvalue weighted by Crippen LogP contribution is -2.31. The Morgan fingerprint density at radius 1 is 1.69 bits per heavy atom. The highest BCUT2D eigenvalue weighted by Gasteiger charge is 2.15. The first-order valence-corrected chi connectivity index (χ1v) is 5.20. The van der Waals surface area contributed by atoms with Crippen molar-refractivity contribution in [3.63, 3.8) is 0 Å². The minimum Gasteiger partial charge on any atom is -0.478 e. The minimum absolute atomic E-state index is 0.0763. The van der Waals surface area contributed by atoms with Crippen LogP contribution in [0.3, 0.4) is 0 Å². The molecule has 0 saturated carbocycles. The van der Waals surface area contributed by atoms with Crippen molar-refractivity contribution in [3.8, 4) is 12.3 Å². The summed E-state index contributed by atoms with van der Waals surface area (Å²) in [5.41, 5.74) is 0.0763. The number of carbonyl (C=O) groups is 2. The van der Waals surface area contributed by atoms with E-state index in [1.54, 1.807) is 5.38 Å². The molecule has 0 aromatic carbocycles. The van der Waals surface area contributed by atoms with Crippen LogP contribution in [0.5, 0.6) is 0 Å². The Bertz CT molecular complexity index is 447. The average molecular weight is 238 g/mol. The summed E-state index contributed by atoms with van der Waals surface area (Å²) in [7, 11) is 1.53. The summed E-state index contributed by atoms with van der Waals surface area (Å²) in [6.07, 6.45) is 5.06. The molecule has 0 aliphatic heterocycles. The van der Waals surface area contributed by atoms with Gasteiger partial charge in [-0.2, -0.15) is 0 Å². The molecule has 0 spiro atoms. The van der Waals surface area contributed by atoms with E-state index in [0.29, 0.717) is 5.00 Å². The quantitative estimate of drug-likeness (QED) is 0.785. The van der Waals surface area contributed by atoms with Crippen molar-refractivity contribution >= 4 is 28.3 Å². The number of carboxylic acid groups (broad SMARTS) is 1. The van der Waals surface area contributed by atoms with E-state index in [2.05, 4.69) is 11.2 Å². The van der Waals surface area contributed by atoms with Crippen LogP contribution in [0, 0.1) is 12.3 Å². The zero-order valence-corrected chi connectivity index (χ0v) is 9.37. The molecular weight excluding hydrogens is 228 g/mol. The maximum absolute atomic E-state index is 11.5. The van der Waals surface area contributed by atoms with Gasteiger partial charge in [0.05, 0.1) is 12.1 Å². The topological polar surface area (TPSA) is 69.6 Å². The van der Waals surface area contributed by atoms with Crippen LogP contribution >= 0.6 is 11.3 Å². The van der Waals surface area contributed by atoms with Crippen LogP contribution in [0.15, 0.2) is 11.4 Å². The third-order valence-corrected chi connectivity index (χ3v) is 2.62. The van der Waals surface area contributed by atoms with Crippen LogP contribution in [0.2, 0.25) is 0 Å². The van der Waals surface area contributed by atoms with Gasteiger partial charge in [-0.15, -0.1) is 17.8 Å². The number of nitrogens with one attached hydrogen (secondary N) is 1. The molecule has 0 atom stereocenters. The minimum atomic E-state index is -1.07. The summed E-state index contributed by atoms with van der Waals surface area (Å²) in [6, 6.07) is 1.01. The smallest absolute Gasteiger partial charge is 0.338 e. The predicted octanol–water partition coefficient (Wildman–Crippen LogP) is 1.54.